The van der Waals surface area contributed by atoms with Gasteiger partial charge in [-0.1, -0.05) is 41.9 Å². The number of hydrogen-bond acceptors (Lipinski definition) is 2. The Morgan fingerprint density at radius 2 is 1.67 bits per heavy atom. The summed E-state index contributed by atoms with van der Waals surface area (Å²) in [7, 11) is 0. The summed E-state index contributed by atoms with van der Waals surface area (Å²) in [5, 5.41) is 11.8. The second-order valence-electron chi connectivity index (χ2n) is 4.80. The van der Waals surface area contributed by atoms with E-state index in [4.69, 9.17) is 16.3 Å². The highest BCUT2D eigenvalue weighted by Gasteiger charge is 2.09. The minimum Gasteiger partial charge on any atom is -0.455 e. The number of nitriles is 1. The molecule has 0 fully saturated rings. The van der Waals surface area contributed by atoms with Crippen LogP contribution in [0, 0.1) is 18.3 Å². The van der Waals surface area contributed by atoms with E-state index in [-0.39, 0.29) is 0 Å². The van der Waals surface area contributed by atoms with Crippen molar-refractivity contribution in [3.8, 4) is 17.6 Å². The Morgan fingerprint density at radius 1 is 0.952 bits per heavy atom. The highest BCUT2D eigenvalue weighted by molar-refractivity contribution is 6.35. The lowest BCUT2D eigenvalue weighted by molar-refractivity contribution is 0.486. The van der Waals surface area contributed by atoms with Gasteiger partial charge in [0.1, 0.15) is 17.6 Å². The van der Waals surface area contributed by atoms with Gasteiger partial charge in [0.25, 0.3) is 0 Å². The van der Waals surface area contributed by atoms with Gasteiger partial charge in [-0.15, -0.1) is 0 Å². The average molecular weight is 294 g/mol. The van der Waals surface area contributed by atoms with Crippen molar-refractivity contribution in [2.24, 2.45) is 0 Å². The van der Waals surface area contributed by atoms with Gasteiger partial charge in [0.2, 0.25) is 0 Å². The van der Waals surface area contributed by atoms with Crippen molar-refractivity contribution >= 4 is 22.4 Å². The Bertz CT molecular complexity index is 865. The van der Waals surface area contributed by atoms with Gasteiger partial charge >= 0.3 is 0 Å². The van der Waals surface area contributed by atoms with Crippen LogP contribution in [0.4, 0.5) is 0 Å². The van der Waals surface area contributed by atoms with Gasteiger partial charge in [-0.3, -0.25) is 0 Å². The summed E-state index contributed by atoms with van der Waals surface area (Å²) in [6.07, 6.45) is 0. The van der Waals surface area contributed by atoms with Crippen LogP contribution in [-0.4, -0.2) is 0 Å². The zero-order valence-electron chi connectivity index (χ0n) is 11.4. The maximum Gasteiger partial charge on any atom is 0.145 e. The van der Waals surface area contributed by atoms with Crippen LogP contribution in [0.25, 0.3) is 10.8 Å². The van der Waals surface area contributed by atoms with Crippen molar-refractivity contribution in [1.29, 1.82) is 5.26 Å². The Balaban J connectivity index is 2.11. The summed E-state index contributed by atoms with van der Waals surface area (Å²) >= 11 is 6.20. The first-order valence-electron chi connectivity index (χ1n) is 6.55. The molecule has 3 rings (SSSR count). The van der Waals surface area contributed by atoms with Gasteiger partial charge in [-0.05, 0) is 36.8 Å². The van der Waals surface area contributed by atoms with Gasteiger partial charge in [0.15, 0.2) is 0 Å². The monoisotopic (exact) mass is 293 g/mol. The third kappa shape index (κ3) is 2.56. The summed E-state index contributed by atoms with van der Waals surface area (Å²) in [6, 6.07) is 19.1. The molecule has 0 bridgehead atoms. The average Bonchev–Trinajstić information content (AvgIpc) is 2.52. The van der Waals surface area contributed by atoms with Crippen molar-refractivity contribution < 1.29 is 4.74 Å². The van der Waals surface area contributed by atoms with Crippen LogP contribution in [0.2, 0.25) is 5.02 Å². The number of nitrogens with zero attached hydrogens (tertiary/aromatic N) is 1. The molecule has 0 aliphatic heterocycles. The van der Waals surface area contributed by atoms with E-state index in [1.807, 2.05) is 55.5 Å². The summed E-state index contributed by atoms with van der Waals surface area (Å²) in [5.74, 6) is 1.24. The van der Waals surface area contributed by atoms with Gasteiger partial charge in [0.05, 0.1) is 5.56 Å². The molecule has 0 saturated carbocycles. The van der Waals surface area contributed by atoms with Crippen molar-refractivity contribution in [3.63, 3.8) is 0 Å². The fourth-order valence-electron chi connectivity index (χ4n) is 2.26. The molecule has 3 aromatic carbocycles. The van der Waals surface area contributed by atoms with Gasteiger partial charge in [-0.25, -0.2) is 0 Å². The second kappa shape index (κ2) is 5.47. The number of hydrogen-bond donors (Lipinski definition) is 0. The quantitative estimate of drug-likeness (QED) is 0.628. The molecule has 0 N–H and O–H groups in total. The van der Waals surface area contributed by atoms with E-state index in [9.17, 15) is 5.26 Å². The molecule has 0 aliphatic carbocycles. The van der Waals surface area contributed by atoms with Crippen LogP contribution >= 0.6 is 11.6 Å². The van der Waals surface area contributed by atoms with Crippen molar-refractivity contribution in [2.75, 3.05) is 0 Å². The largest absolute Gasteiger partial charge is 0.455 e. The number of benzene rings is 3. The summed E-state index contributed by atoms with van der Waals surface area (Å²) in [6.45, 7) is 1.95. The molecule has 2 nitrogen and oxygen atoms in total. The third-order valence-electron chi connectivity index (χ3n) is 3.31. The Kier molecular flexibility index (Phi) is 3.51. The first-order valence-corrected chi connectivity index (χ1v) is 6.92. The van der Waals surface area contributed by atoms with Crippen molar-refractivity contribution in [1.82, 2.24) is 0 Å². The van der Waals surface area contributed by atoms with Crippen LogP contribution in [0.3, 0.4) is 0 Å². The third-order valence-corrected chi connectivity index (χ3v) is 3.64. The SMILES string of the molecule is Cc1ccc(Oc2ccc(Cl)c3ccccc23)c(C#N)c1. The molecule has 0 heterocycles. The van der Waals surface area contributed by atoms with Crippen LogP contribution in [0.5, 0.6) is 11.5 Å². The van der Waals surface area contributed by atoms with E-state index < -0.39 is 0 Å². The number of halogens is 1. The van der Waals surface area contributed by atoms with Crippen LogP contribution in [-0.2, 0) is 0 Å². The lowest BCUT2D eigenvalue weighted by Gasteiger charge is -2.11. The summed E-state index contributed by atoms with van der Waals surface area (Å²) in [4.78, 5) is 0. The van der Waals surface area contributed by atoms with E-state index >= 15 is 0 Å². The maximum absolute atomic E-state index is 9.23. The molecule has 0 spiro atoms. The van der Waals surface area contributed by atoms with Gasteiger partial charge in [0, 0.05) is 15.8 Å². The highest BCUT2D eigenvalue weighted by Crippen LogP contribution is 2.35. The molecule has 102 valence electrons. The normalized spacial score (nSPS) is 10.3. The van der Waals surface area contributed by atoms with E-state index in [2.05, 4.69) is 6.07 Å². The van der Waals surface area contributed by atoms with Crippen LogP contribution < -0.4 is 4.74 Å². The summed E-state index contributed by atoms with van der Waals surface area (Å²) < 4.78 is 5.94. The fraction of sp³-hybridized carbons (Fsp3) is 0.0556. The van der Waals surface area contributed by atoms with Crippen molar-refractivity contribution in [2.45, 2.75) is 6.92 Å². The molecule has 3 aromatic rings. The molecular formula is C18H12ClNO. The lowest BCUT2D eigenvalue weighted by atomic mass is 10.1. The molecule has 0 aliphatic rings. The first-order chi connectivity index (χ1) is 10.2. The molecule has 0 atom stereocenters. The molecule has 21 heavy (non-hydrogen) atoms. The zero-order chi connectivity index (χ0) is 14.8. The lowest BCUT2D eigenvalue weighted by Crippen LogP contribution is -1.90. The number of ether oxygens (including phenoxy) is 1. The van der Waals surface area contributed by atoms with E-state index in [1.165, 1.54) is 0 Å². The van der Waals surface area contributed by atoms with Gasteiger partial charge < -0.3 is 4.74 Å². The predicted octanol–water partition coefficient (Wildman–Crippen LogP) is 5.47. The maximum atomic E-state index is 9.23. The summed E-state index contributed by atoms with van der Waals surface area (Å²) in [5.41, 5.74) is 1.55. The second-order valence-corrected chi connectivity index (χ2v) is 5.21. The number of aryl methyl sites for hydroxylation is 1. The van der Waals surface area contributed by atoms with E-state index in [1.54, 1.807) is 6.07 Å². The smallest absolute Gasteiger partial charge is 0.145 e. The molecule has 0 saturated heterocycles. The van der Waals surface area contributed by atoms with Crippen molar-refractivity contribution in [3.05, 3.63) is 70.7 Å². The molecule has 3 heteroatoms. The minimum absolute atomic E-state index is 0.522. The molecule has 0 unspecified atom stereocenters. The molecule has 0 aromatic heterocycles. The minimum atomic E-state index is 0.522. The Labute approximate surface area is 128 Å². The van der Waals surface area contributed by atoms with Gasteiger partial charge in [-0.2, -0.15) is 5.26 Å². The molecule has 0 amide bonds. The van der Waals surface area contributed by atoms with E-state index in [0.717, 1.165) is 16.3 Å². The van der Waals surface area contributed by atoms with Crippen LogP contribution in [0.1, 0.15) is 11.1 Å². The first kappa shape index (κ1) is 13.5. The number of fused-ring (bicyclic) bond motifs is 1. The topological polar surface area (TPSA) is 33.0 Å². The molecular weight excluding hydrogens is 282 g/mol. The number of rotatable bonds is 2. The predicted molar refractivity (Wildman–Crippen MR) is 84.9 cm³/mol. The Morgan fingerprint density at radius 3 is 2.43 bits per heavy atom. The Hall–Kier alpha value is -2.50. The molecule has 0 radical (unpaired) electrons. The zero-order valence-corrected chi connectivity index (χ0v) is 12.2. The fourth-order valence-corrected chi connectivity index (χ4v) is 2.49. The highest BCUT2D eigenvalue weighted by atomic mass is 35.5. The van der Waals surface area contributed by atoms with E-state index in [0.29, 0.717) is 22.1 Å². The standard InChI is InChI=1S/C18H12ClNO/c1-12-6-8-17(13(10-12)11-20)21-18-9-7-16(19)14-4-2-3-5-15(14)18/h2-10H,1H3. The van der Waals surface area contributed by atoms with Crippen LogP contribution in [0.15, 0.2) is 54.6 Å².